The number of fused-ring (bicyclic) bond motifs is 1. The highest BCUT2D eigenvalue weighted by Crippen LogP contribution is 2.36. The molecule has 0 radical (unpaired) electrons. The van der Waals surface area contributed by atoms with Crippen LogP contribution in [0.25, 0.3) is 0 Å². The number of benzene rings is 2. The molecule has 2 nitrogen and oxygen atoms in total. The van der Waals surface area contributed by atoms with E-state index in [9.17, 15) is 4.39 Å². The molecule has 1 N–H and O–H groups in total. The largest absolute Gasteiger partial charge is 0.493 e. The predicted octanol–water partition coefficient (Wildman–Crippen LogP) is 5.22. The first-order valence-corrected chi connectivity index (χ1v) is 7.88. The Morgan fingerprint density at radius 3 is 2.95 bits per heavy atom. The Bertz CT molecular complexity index is 659. The molecule has 0 spiro atoms. The highest BCUT2D eigenvalue weighted by Gasteiger charge is 2.21. The summed E-state index contributed by atoms with van der Waals surface area (Å²) in [6.45, 7) is 2.80. The second kappa shape index (κ2) is 6.06. The van der Waals surface area contributed by atoms with Gasteiger partial charge in [0, 0.05) is 11.3 Å². The number of nitrogens with one attached hydrogen (secondary N) is 1. The Balaban J connectivity index is 1.92. The van der Waals surface area contributed by atoms with Gasteiger partial charge in [0.1, 0.15) is 11.6 Å². The standard InChI is InChI=1S/C17H17BrFNO/c1-11-4-2-5-13-16(6-3-9-21-17(11)13)20-12-7-8-15(19)14(18)10-12/h2,4-5,7-8,10,16,20H,3,6,9H2,1H3. The molecule has 0 fully saturated rings. The molecule has 1 aliphatic rings. The number of aryl methyl sites for hydroxylation is 1. The molecule has 1 aliphatic heterocycles. The monoisotopic (exact) mass is 349 g/mol. The zero-order valence-corrected chi connectivity index (χ0v) is 13.4. The maximum absolute atomic E-state index is 13.3. The van der Waals surface area contributed by atoms with E-state index in [1.807, 2.05) is 0 Å². The zero-order valence-electron chi connectivity index (χ0n) is 11.8. The van der Waals surface area contributed by atoms with Gasteiger partial charge in [0.05, 0.1) is 17.1 Å². The lowest BCUT2D eigenvalue weighted by molar-refractivity contribution is 0.314. The third-order valence-electron chi connectivity index (χ3n) is 3.76. The second-order valence-corrected chi connectivity index (χ2v) is 6.16. The van der Waals surface area contributed by atoms with Crippen molar-refractivity contribution in [3.63, 3.8) is 0 Å². The van der Waals surface area contributed by atoms with Crippen molar-refractivity contribution < 1.29 is 9.13 Å². The molecule has 1 heterocycles. The van der Waals surface area contributed by atoms with E-state index in [0.717, 1.165) is 36.4 Å². The fourth-order valence-electron chi connectivity index (χ4n) is 2.70. The zero-order chi connectivity index (χ0) is 14.8. The fraction of sp³-hybridized carbons (Fsp3) is 0.294. The van der Waals surface area contributed by atoms with Crippen LogP contribution < -0.4 is 10.1 Å². The van der Waals surface area contributed by atoms with E-state index in [1.54, 1.807) is 12.1 Å². The van der Waals surface area contributed by atoms with Crippen LogP contribution in [-0.4, -0.2) is 6.61 Å². The first kappa shape index (κ1) is 14.4. The van der Waals surface area contributed by atoms with Crippen LogP contribution in [0.3, 0.4) is 0 Å². The first-order chi connectivity index (χ1) is 10.1. The first-order valence-electron chi connectivity index (χ1n) is 7.09. The van der Waals surface area contributed by atoms with Gasteiger partial charge in [-0.1, -0.05) is 18.2 Å². The third-order valence-corrected chi connectivity index (χ3v) is 4.37. The molecule has 0 amide bonds. The van der Waals surface area contributed by atoms with Gasteiger partial charge in [0.15, 0.2) is 0 Å². The lowest BCUT2D eigenvalue weighted by Crippen LogP contribution is -2.10. The molecule has 0 aliphatic carbocycles. The second-order valence-electron chi connectivity index (χ2n) is 5.31. The van der Waals surface area contributed by atoms with Crippen LogP contribution in [-0.2, 0) is 0 Å². The maximum Gasteiger partial charge on any atom is 0.137 e. The van der Waals surface area contributed by atoms with Crippen molar-refractivity contribution in [1.29, 1.82) is 0 Å². The Labute approximate surface area is 132 Å². The molecule has 4 heteroatoms. The van der Waals surface area contributed by atoms with E-state index < -0.39 is 0 Å². The van der Waals surface area contributed by atoms with Crippen molar-refractivity contribution >= 4 is 21.6 Å². The number of hydrogen-bond acceptors (Lipinski definition) is 2. The minimum atomic E-state index is -0.249. The van der Waals surface area contributed by atoms with Crippen LogP contribution in [0.2, 0.25) is 0 Å². The van der Waals surface area contributed by atoms with E-state index in [1.165, 1.54) is 11.6 Å². The molecule has 0 saturated carbocycles. The number of ether oxygens (including phenoxy) is 1. The number of rotatable bonds is 2. The summed E-state index contributed by atoms with van der Waals surface area (Å²) in [7, 11) is 0. The van der Waals surface area contributed by atoms with Crippen LogP contribution >= 0.6 is 15.9 Å². The van der Waals surface area contributed by atoms with Crippen LogP contribution in [0.15, 0.2) is 40.9 Å². The van der Waals surface area contributed by atoms with Gasteiger partial charge in [-0.2, -0.15) is 0 Å². The molecular formula is C17H17BrFNO. The van der Waals surface area contributed by atoms with Gasteiger partial charge >= 0.3 is 0 Å². The lowest BCUT2D eigenvalue weighted by atomic mass is 9.99. The van der Waals surface area contributed by atoms with Gasteiger partial charge in [0.2, 0.25) is 0 Å². The topological polar surface area (TPSA) is 21.3 Å². The van der Waals surface area contributed by atoms with Crippen LogP contribution in [0.5, 0.6) is 5.75 Å². The summed E-state index contributed by atoms with van der Waals surface area (Å²) in [6.07, 6.45) is 1.99. The smallest absolute Gasteiger partial charge is 0.137 e. The maximum atomic E-state index is 13.3. The van der Waals surface area contributed by atoms with Gasteiger partial charge in [-0.25, -0.2) is 4.39 Å². The van der Waals surface area contributed by atoms with Gasteiger partial charge in [-0.15, -0.1) is 0 Å². The molecule has 1 unspecified atom stereocenters. The van der Waals surface area contributed by atoms with Crippen molar-refractivity contribution in [2.75, 3.05) is 11.9 Å². The molecule has 1 atom stereocenters. The van der Waals surface area contributed by atoms with Crippen LogP contribution in [0.1, 0.15) is 30.0 Å². The van der Waals surface area contributed by atoms with Gasteiger partial charge in [-0.05, 0) is 59.5 Å². The highest BCUT2D eigenvalue weighted by molar-refractivity contribution is 9.10. The molecule has 2 aromatic carbocycles. The molecule has 2 aromatic rings. The van der Waals surface area contributed by atoms with E-state index in [-0.39, 0.29) is 11.9 Å². The molecule has 21 heavy (non-hydrogen) atoms. The van der Waals surface area contributed by atoms with E-state index >= 15 is 0 Å². The molecule has 3 rings (SSSR count). The minimum Gasteiger partial charge on any atom is -0.493 e. The van der Waals surface area contributed by atoms with Crippen molar-refractivity contribution in [3.05, 3.63) is 57.8 Å². The predicted molar refractivity (Wildman–Crippen MR) is 86.4 cm³/mol. The summed E-state index contributed by atoms with van der Waals surface area (Å²) in [4.78, 5) is 0. The minimum absolute atomic E-state index is 0.180. The summed E-state index contributed by atoms with van der Waals surface area (Å²) in [5.41, 5.74) is 3.23. The Morgan fingerprint density at radius 1 is 1.29 bits per heavy atom. The van der Waals surface area contributed by atoms with E-state index in [2.05, 4.69) is 46.4 Å². The van der Waals surface area contributed by atoms with Crippen LogP contribution in [0.4, 0.5) is 10.1 Å². The van der Waals surface area contributed by atoms with E-state index in [0.29, 0.717) is 4.47 Å². The highest BCUT2D eigenvalue weighted by atomic mass is 79.9. The molecular weight excluding hydrogens is 333 g/mol. The lowest BCUT2D eigenvalue weighted by Gasteiger charge is -2.20. The summed E-state index contributed by atoms with van der Waals surface area (Å²) in [6, 6.07) is 11.4. The van der Waals surface area contributed by atoms with Crippen molar-refractivity contribution in [1.82, 2.24) is 0 Å². The van der Waals surface area contributed by atoms with Crippen molar-refractivity contribution in [2.24, 2.45) is 0 Å². The van der Waals surface area contributed by atoms with Crippen molar-refractivity contribution in [2.45, 2.75) is 25.8 Å². The summed E-state index contributed by atoms with van der Waals surface area (Å²) in [5.74, 6) is 0.731. The molecule has 0 bridgehead atoms. The number of halogens is 2. The van der Waals surface area contributed by atoms with Gasteiger partial charge < -0.3 is 10.1 Å². The number of para-hydroxylation sites is 1. The van der Waals surface area contributed by atoms with Gasteiger partial charge in [-0.3, -0.25) is 0 Å². The SMILES string of the molecule is Cc1cccc2c1OCCCC2Nc1ccc(F)c(Br)c1. The average molecular weight is 350 g/mol. The third kappa shape index (κ3) is 3.05. The fourth-order valence-corrected chi connectivity index (χ4v) is 3.08. The summed E-state index contributed by atoms with van der Waals surface area (Å²) >= 11 is 3.23. The normalized spacial score (nSPS) is 17.6. The van der Waals surface area contributed by atoms with Gasteiger partial charge in [0.25, 0.3) is 0 Å². The van der Waals surface area contributed by atoms with Crippen LogP contribution in [0, 0.1) is 12.7 Å². The average Bonchev–Trinajstić information content (AvgIpc) is 2.67. The molecule has 0 aromatic heterocycles. The number of anilines is 1. The Kier molecular flexibility index (Phi) is 4.15. The quantitative estimate of drug-likeness (QED) is 0.802. The summed E-state index contributed by atoms with van der Waals surface area (Å²) < 4.78 is 19.7. The Morgan fingerprint density at radius 2 is 2.14 bits per heavy atom. The summed E-state index contributed by atoms with van der Waals surface area (Å²) in [5, 5.41) is 3.50. The molecule has 110 valence electrons. The number of hydrogen-bond donors (Lipinski definition) is 1. The van der Waals surface area contributed by atoms with E-state index in [4.69, 9.17) is 4.74 Å². The molecule has 0 saturated heterocycles. The van der Waals surface area contributed by atoms with Crippen molar-refractivity contribution in [3.8, 4) is 5.75 Å². The Hall–Kier alpha value is -1.55.